The van der Waals surface area contributed by atoms with Crippen molar-refractivity contribution >= 4 is 51.6 Å². The Bertz CT molecular complexity index is 860. The Kier molecular flexibility index (Phi) is 5.10. The lowest BCUT2D eigenvalue weighted by Crippen LogP contribution is -2.19. The van der Waals surface area contributed by atoms with Crippen molar-refractivity contribution in [3.8, 4) is 0 Å². The number of carbonyl (C=O) groups excluding carboxylic acids is 3. The Balaban J connectivity index is 1.77. The smallest absolute Gasteiger partial charge is 0.348 e. The largest absolute Gasteiger partial charge is 0.462 e. The van der Waals surface area contributed by atoms with Gasteiger partial charge in [-0.25, -0.2) is 4.79 Å². The number of fused-ring (bicyclic) bond motifs is 1. The molecular formula is C17H16N2O4S2. The number of esters is 1. The number of benzene rings is 1. The molecule has 0 saturated carbocycles. The second kappa shape index (κ2) is 7.28. The molecule has 0 spiro atoms. The normalized spacial score (nSPS) is 13.0. The van der Waals surface area contributed by atoms with Crippen LogP contribution >= 0.6 is 23.1 Å². The number of rotatable bonds is 4. The molecule has 0 atom stereocenters. The molecule has 130 valence electrons. The van der Waals surface area contributed by atoms with Gasteiger partial charge in [-0.1, -0.05) is 0 Å². The third-order valence-electron chi connectivity index (χ3n) is 3.49. The van der Waals surface area contributed by atoms with Gasteiger partial charge >= 0.3 is 5.97 Å². The average molecular weight is 376 g/mol. The molecule has 6 nitrogen and oxygen atoms in total. The second-order valence-corrected chi connectivity index (χ2v) is 7.41. The van der Waals surface area contributed by atoms with Gasteiger partial charge in [0.2, 0.25) is 5.91 Å². The molecule has 1 aliphatic rings. The molecule has 1 aromatic carbocycles. The van der Waals surface area contributed by atoms with Crippen LogP contribution < -0.4 is 10.6 Å². The fraction of sp³-hybridized carbons (Fsp3) is 0.235. The number of anilines is 2. The lowest BCUT2D eigenvalue weighted by molar-refractivity contribution is -0.113. The zero-order chi connectivity index (χ0) is 18.0. The summed E-state index contributed by atoms with van der Waals surface area (Å²) < 4.78 is 5.00. The molecule has 0 bridgehead atoms. The van der Waals surface area contributed by atoms with Crippen molar-refractivity contribution in [3.05, 3.63) is 40.3 Å². The number of thiophene rings is 1. The zero-order valence-corrected chi connectivity index (χ0v) is 15.3. The maximum Gasteiger partial charge on any atom is 0.348 e. The van der Waals surface area contributed by atoms with E-state index in [4.69, 9.17) is 4.74 Å². The molecule has 0 saturated heterocycles. The summed E-state index contributed by atoms with van der Waals surface area (Å²) in [4.78, 5) is 37.2. The molecule has 2 heterocycles. The highest BCUT2D eigenvalue weighted by Gasteiger charge is 2.19. The van der Waals surface area contributed by atoms with Gasteiger partial charge in [0.25, 0.3) is 5.91 Å². The summed E-state index contributed by atoms with van der Waals surface area (Å²) in [5.41, 5.74) is 1.83. The van der Waals surface area contributed by atoms with Crippen LogP contribution in [0, 0.1) is 6.92 Å². The van der Waals surface area contributed by atoms with E-state index in [0.29, 0.717) is 33.5 Å². The highest BCUT2D eigenvalue weighted by atomic mass is 32.2. The van der Waals surface area contributed by atoms with E-state index in [0.717, 1.165) is 10.5 Å². The first-order chi connectivity index (χ1) is 12.0. The van der Waals surface area contributed by atoms with Crippen LogP contribution in [0.2, 0.25) is 0 Å². The Hall–Kier alpha value is -2.32. The van der Waals surface area contributed by atoms with Gasteiger partial charge in [-0.2, -0.15) is 0 Å². The third-order valence-corrected chi connectivity index (χ3v) is 5.70. The highest BCUT2D eigenvalue weighted by Crippen LogP contribution is 2.33. The third kappa shape index (κ3) is 3.85. The zero-order valence-electron chi connectivity index (χ0n) is 13.7. The number of carbonyl (C=O) groups is 3. The molecule has 25 heavy (non-hydrogen) atoms. The van der Waals surface area contributed by atoms with Crippen molar-refractivity contribution in [1.29, 1.82) is 0 Å². The molecule has 0 radical (unpaired) electrons. The van der Waals surface area contributed by atoms with E-state index in [1.807, 2.05) is 6.07 Å². The van der Waals surface area contributed by atoms with E-state index in [1.54, 1.807) is 32.0 Å². The van der Waals surface area contributed by atoms with Crippen molar-refractivity contribution < 1.29 is 19.1 Å². The van der Waals surface area contributed by atoms with Gasteiger partial charge in [0.15, 0.2) is 0 Å². The Labute approximate surface area is 152 Å². The quantitative estimate of drug-likeness (QED) is 0.798. The summed E-state index contributed by atoms with van der Waals surface area (Å²) in [6.07, 6.45) is 0. The molecule has 2 amide bonds. The van der Waals surface area contributed by atoms with Gasteiger partial charge in [0.05, 0.1) is 23.0 Å². The Morgan fingerprint density at radius 3 is 2.88 bits per heavy atom. The fourth-order valence-corrected chi connectivity index (χ4v) is 4.10. The number of nitrogens with one attached hydrogen (secondary N) is 2. The van der Waals surface area contributed by atoms with Crippen molar-refractivity contribution in [1.82, 2.24) is 0 Å². The van der Waals surface area contributed by atoms with Crippen LogP contribution in [0.1, 0.15) is 32.5 Å². The monoisotopic (exact) mass is 376 g/mol. The molecule has 8 heteroatoms. The molecule has 0 unspecified atom stereocenters. The van der Waals surface area contributed by atoms with Crippen molar-refractivity contribution in [2.45, 2.75) is 18.7 Å². The number of hydrogen-bond acceptors (Lipinski definition) is 6. The first-order valence-electron chi connectivity index (χ1n) is 7.63. The number of hydrogen-bond donors (Lipinski definition) is 2. The molecule has 3 rings (SSSR count). The van der Waals surface area contributed by atoms with E-state index < -0.39 is 0 Å². The molecule has 2 aromatic rings. The van der Waals surface area contributed by atoms with E-state index in [9.17, 15) is 14.4 Å². The van der Waals surface area contributed by atoms with Crippen LogP contribution in [0.3, 0.4) is 0 Å². The van der Waals surface area contributed by atoms with Crippen molar-refractivity contribution in [2.75, 3.05) is 23.0 Å². The lowest BCUT2D eigenvalue weighted by atomic mass is 10.2. The second-order valence-electron chi connectivity index (χ2n) is 5.35. The van der Waals surface area contributed by atoms with Crippen LogP contribution in [0.5, 0.6) is 0 Å². The Morgan fingerprint density at radius 2 is 2.12 bits per heavy atom. The topological polar surface area (TPSA) is 84.5 Å². The number of thioether (sulfide) groups is 1. The van der Waals surface area contributed by atoms with Crippen LogP contribution in [-0.2, 0) is 9.53 Å². The summed E-state index contributed by atoms with van der Waals surface area (Å²) in [5.74, 6) is -0.393. The standard InChI is InChI=1S/C17H16N2O4S2/c1-3-23-17(22)15-9(2)6-14(25-15)19-16(21)10-4-5-12-11(7-10)18-13(20)8-24-12/h4-7H,3,8H2,1-2H3,(H,18,20)(H,19,21). The van der Waals surface area contributed by atoms with E-state index >= 15 is 0 Å². The molecular weight excluding hydrogens is 360 g/mol. The predicted octanol–water partition coefficient (Wildman–Crippen LogP) is 3.53. The molecule has 0 aliphatic carbocycles. The molecule has 1 aromatic heterocycles. The predicted molar refractivity (Wildman–Crippen MR) is 98.8 cm³/mol. The van der Waals surface area contributed by atoms with Gasteiger partial charge < -0.3 is 15.4 Å². The number of aryl methyl sites for hydroxylation is 1. The molecule has 1 aliphatic heterocycles. The minimum absolute atomic E-state index is 0.0805. The minimum Gasteiger partial charge on any atom is -0.462 e. The lowest BCUT2D eigenvalue weighted by Gasteiger charge is -2.16. The summed E-state index contributed by atoms with van der Waals surface area (Å²) >= 11 is 2.62. The maximum atomic E-state index is 12.5. The van der Waals surface area contributed by atoms with Crippen LogP contribution in [-0.4, -0.2) is 30.1 Å². The maximum absolute atomic E-state index is 12.5. The van der Waals surface area contributed by atoms with Crippen LogP contribution in [0.25, 0.3) is 0 Å². The van der Waals surface area contributed by atoms with Gasteiger partial charge in [0.1, 0.15) is 4.88 Å². The summed E-state index contributed by atoms with van der Waals surface area (Å²) in [6, 6.07) is 6.93. The first-order valence-corrected chi connectivity index (χ1v) is 9.43. The number of amides is 2. The highest BCUT2D eigenvalue weighted by molar-refractivity contribution is 8.00. The fourth-order valence-electron chi connectivity index (χ4n) is 2.35. The van der Waals surface area contributed by atoms with Crippen molar-refractivity contribution in [3.63, 3.8) is 0 Å². The Morgan fingerprint density at radius 1 is 1.32 bits per heavy atom. The first kappa shape index (κ1) is 17.5. The van der Waals surface area contributed by atoms with E-state index in [2.05, 4.69) is 10.6 Å². The van der Waals surface area contributed by atoms with Crippen molar-refractivity contribution in [2.24, 2.45) is 0 Å². The SMILES string of the molecule is CCOC(=O)c1sc(NC(=O)c2ccc3c(c2)NC(=O)CS3)cc1C. The van der Waals surface area contributed by atoms with Crippen LogP contribution in [0.4, 0.5) is 10.7 Å². The summed E-state index contributed by atoms with van der Waals surface area (Å²) in [5, 5.41) is 6.12. The summed E-state index contributed by atoms with van der Waals surface area (Å²) in [7, 11) is 0. The van der Waals surface area contributed by atoms with Gasteiger partial charge in [-0.3, -0.25) is 9.59 Å². The van der Waals surface area contributed by atoms with Crippen LogP contribution in [0.15, 0.2) is 29.2 Å². The molecule has 0 fully saturated rings. The molecule has 2 N–H and O–H groups in total. The average Bonchev–Trinajstić information content (AvgIpc) is 2.94. The number of ether oxygens (including phenoxy) is 1. The summed E-state index contributed by atoms with van der Waals surface area (Å²) in [6.45, 7) is 3.84. The van der Waals surface area contributed by atoms with E-state index in [-0.39, 0.29) is 17.8 Å². The van der Waals surface area contributed by atoms with Gasteiger partial charge in [-0.15, -0.1) is 23.1 Å². The van der Waals surface area contributed by atoms with E-state index in [1.165, 1.54) is 23.1 Å². The van der Waals surface area contributed by atoms with Gasteiger partial charge in [0, 0.05) is 10.5 Å². The van der Waals surface area contributed by atoms with Gasteiger partial charge in [-0.05, 0) is 43.7 Å². The minimum atomic E-state index is -0.390.